The third kappa shape index (κ3) is 7.95. The smallest absolute Gasteiger partial charge is 0.407 e. The van der Waals surface area contributed by atoms with Crippen molar-refractivity contribution >= 4 is 95.6 Å². The number of alkyl carbamates (subject to hydrolysis) is 2. The zero-order valence-corrected chi connectivity index (χ0v) is 24.7. The first-order valence-corrected chi connectivity index (χ1v) is 16.8. The molecule has 6 atom stereocenters. The van der Waals surface area contributed by atoms with Gasteiger partial charge in [-0.05, 0) is 12.8 Å². The molecule has 0 aromatic carbocycles. The minimum absolute atomic E-state index is 0.231. The average Bonchev–Trinajstić information content (AvgIpc) is 3.01. The molecule has 0 aliphatic carbocycles. The van der Waals surface area contributed by atoms with Crippen LogP contribution in [-0.2, 0) is 29.1 Å². The summed E-state index contributed by atoms with van der Waals surface area (Å²) in [5.74, 6) is -0.462. The molecule has 0 bridgehead atoms. The van der Waals surface area contributed by atoms with E-state index in [1.165, 1.54) is 0 Å². The number of ether oxygens (including phenoxy) is 2. The molecule has 2 saturated heterocycles. The summed E-state index contributed by atoms with van der Waals surface area (Å²) in [6, 6.07) is 0. The van der Waals surface area contributed by atoms with E-state index in [1.54, 1.807) is 0 Å². The van der Waals surface area contributed by atoms with E-state index in [2.05, 4.69) is 74.4 Å². The molecule has 2 heterocycles. The lowest BCUT2D eigenvalue weighted by Crippen LogP contribution is -2.34. The van der Waals surface area contributed by atoms with Gasteiger partial charge in [-0.2, -0.15) is 0 Å². The standard InChI is InChI=1S/C16H24Br4N2O8S2/c17-11-9(7-31(25,26)13(11)19)29-15(23)21-5-3-1-2-4-6-22-16(24)30-10-8-32(27,28)14(20)12(10)18/h9-14H,1-8H2,(H,21,23)(H,22,24). The van der Waals surface area contributed by atoms with E-state index < -0.39 is 62.0 Å². The number of carbonyl (C=O) groups is 2. The lowest BCUT2D eigenvalue weighted by molar-refractivity contribution is 0.111. The van der Waals surface area contributed by atoms with Crippen LogP contribution >= 0.6 is 63.7 Å². The van der Waals surface area contributed by atoms with Crippen molar-refractivity contribution in [2.75, 3.05) is 24.6 Å². The Balaban J connectivity index is 1.50. The molecule has 2 aliphatic heterocycles. The molecule has 0 aromatic heterocycles. The Morgan fingerprint density at radius 1 is 0.688 bits per heavy atom. The molecule has 10 nitrogen and oxygen atoms in total. The lowest BCUT2D eigenvalue weighted by atomic mass is 10.2. The van der Waals surface area contributed by atoms with Gasteiger partial charge < -0.3 is 20.1 Å². The van der Waals surface area contributed by atoms with Crippen molar-refractivity contribution in [2.45, 2.75) is 55.9 Å². The number of rotatable bonds is 9. The highest BCUT2D eigenvalue weighted by Gasteiger charge is 2.47. The summed E-state index contributed by atoms with van der Waals surface area (Å²) in [4.78, 5) is 22.7. The quantitative estimate of drug-likeness (QED) is 0.270. The first-order chi connectivity index (χ1) is 14.8. The van der Waals surface area contributed by atoms with E-state index >= 15 is 0 Å². The van der Waals surface area contributed by atoms with Gasteiger partial charge >= 0.3 is 12.2 Å². The molecule has 16 heteroatoms. The van der Waals surface area contributed by atoms with Gasteiger partial charge in [0.15, 0.2) is 19.7 Å². The van der Waals surface area contributed by atoms with Gasteiger partial charge in [0.1, 0.15) is 20.5 Å². The molecular weight excluding hydrogens is 732 g/mol. The van der Waals surface area contributed by atoms with Crippen LogP contribution in [0.3, 0.4) is 0 Å². The van der Waals surface area contributed by atoms with Gasteiger partial charge in [-0.1, -0.05) is 76.6 Å². The summed E-state index contributed by atoms with van der Waals surface area (Å²) in [7, 11) is -6.67. The van der Waals surface area contributed by atoms with Crippen molar-refractivity contribution in [1.29, 1.82) is 0 Å². The van der Waals surface area contributed by atoms with Crippen LogP contribution in [0.5, 0.6) is 0 Å². The topological polar surface area (TPSA) is 145 Å². The molecule has 0 aromatic rings. The number of hydrogen-bond donors (Lipinski definition) is 2. The van der Waals surface area contributed by atoms with Gasteiger partial charge in [0.25, 0.3) is 0 Å². The van der Waals surface area contributed by atoms with Crippen LogP contribution in [0.2, 0.25) is 0 Å². The van der Waals surface area contributed by atoms with Crippen LogP contribution < -0.4 is 10.6 Å². The van der Waals surface area contributed by atoms with Gasteiger partial charge in [0.2, 0.25) is 0 Å². The maximum Gasteiger partial charge on any atom is 0.407 e. The van der Waals surface area contributed by atoms with E-state index in [0.717, 1.165) is 12.8 Å². The molecule has 6 unspecified atom stereocenters. The number of sulfone groups is 2. The summed E-state index contributed by atoms with van der Waals surface area (Å²) in [6.45, 7) is 0.768. The van der Waals surface area contributed by atoms with Crippen molar-refractivity contribution in [3.05, 3.63) is 0 Å². The van der Waals surface area contributed by atoms with Gasteiger partial charge in [0.05, 0.1) is 21.2 Å². The fraction of sp³-hybridized carbons (Fsp3) is 0.875. The maximum absolute atomic E-state index is 11.8. The molecule has 2 amide bonds. The number of amides is 2. The number of alkyl halides is 4. The first kappa shape index (κ1) is 28.6. The highest BCUT2D eigenvalue weighted by atomic mass is 79.9. The lowest BCUT2D eigenvalue weighted by Gasteiger charge is -2.15. The second-order valence-electron chi connectivity index (χ2n) is 7.41. The van der Waals surface area contributed by atoms with Gasteiger partial charge in [-0.25, -0.2) is 26.4 Å². The highest BCUT2D eigenvalue weighted by molar-refractivity contribution is 9.13. The first-order valence-electron chi connectivity index (χ1n) is 9.73. The molecule has 0 spiro atoms. The van der Waals surface area contributed by atoms with Gasteiger partial charge in [-0.3, -0.25) is 0 Å². The van der Waals surface area contributed by atoms with Crippen molar-refractivity contribution in [3.8, 4) is 0 Å². The van der Waals surface area contributed by atoms with E-state index in [4.69, 9.17) is 9.47 Å². The zero-order valence-electron chi connectivity index (χ0n) is 16.7. The van der Waals surface area contributed by atoms with Crippen LogP contribution in [0.15, 0.2) is 0 Å². The van der Waals surface area contributed by atoms with Crippen molar-refractivity contribution in [1.82, 2.24) is 10.6 Å². The number of unbranched alkanes of at least 4 members (excludes halogenated alkanes) is 3. The predicted molar refractivity (Wildman–Crippen MR) is 133 cm³/mol. The maximum atomic E-state index is 11.8. The van der Waals surface area contributed by atoms with Gasteiger partial charge in [0, 0.05) is 13.1 Å². The molecular formula is C16H24Br4N2O8S2. The minimum atomic E-state index is -3.34. The molecule has 32 heavy (non-hydrogen) atoms. The van der Waals surface area contributed by atoms with E-state index in [-0.39, 0.29) is 11.5 Å². The summed E-state index contributed by atoms with van der Waals surface area (Å²) in [6.07, 6.45) is 0.165. The summed E-state index contributed by atoms with van der Waals surface area (Å²) >= 11 is 12.6. The number of halogens is 4. The zero-order chi connectivity index (χ0) is 24.1. The van der Waals surface area contributed by atoms with E-state index in [1.807, 2.05) is 0 Å². The summed E-state index contributed by atoms with van der Waals surface area (Å²) in [5, 5.41) is 5.19. The van der Waals surface area contributed by atoms with Crippen molar-refractivity contribution < 1.29 is 35.9 Å². The average molecular weight is 756 g/mol. The van der Waals surface area contributed by atoms with Crippen LogP contribution in [-0.4, -0.2) is 83.8 Å². The monoisotopic (exact) mass is 752 g/mol. The third-order valence-corrected chi connectivity index (χ3v) is 17.3. The second-order valence-corrected chi connectivity index (χ2v) is 17.0. The Labute approximate surface area is 221 Å². The van der Waals surface area contributed by atoms with Crippen LogP contribution in [0.1, 0.15) is 25.7 Å². The van der Waals surface area contributed by atoms with Crippen molar-refractivity contribution in [3.63, 3.8) is 0 Å². The molecule has 0 saturated carbocycles. The third-order valence-electron chi connectivity index (χ3n) is 4.85. The molecule has 2 aliphatic rings. The highest BCUT2D eigenvalue weighted by Crippen LogP contribution is 2.34. The van der Waals surface area contributed by atoms with Crippen molar-refractivity contribution in [2.24, 2.45) is 0 Å². The van der Waals surface area contributed by atoms with E-state index in [9.17, 15) is 26.4 Å². The Kier molecular flexibility index (Phi) is 11.0. The summed E-state index contributed by atoms with van der Waals surface area (Å²) in [5.41, 5.74) is 0. The fourth-order valence-electron chi connectivity index (χ4n) is 3.10. The Morgan fingerprint density at radius 2 is 1.03 bits per heavy atom. The van der Waals surface area contributed by atoms with Crippen LogP contribution in [0.4, 0.5) is 9.59 Å². The minimum Gasteiger partial charge on any atom is -0.444 e. The predicted octanol–water partition coefficient (Wildman–Crippen LogP) is 2.56. The number of hydrogen-bond acceptors (Lipinski definition) is 8. The summed E-state index contributed by atoms with van der Waals surface area (Å²) < 4.78 is 55.9. The number of carbonyl (C=O) groups excluding carboxylic acids is 2. The van der Waals surface area contributed by atoms with Crippen LogP contribution in [0, 0.1) is 0 Å². The Hall–Kier alpha value is 0.360. The molecule has 2 fully saturated rings. The molecule has 0 radical (unpaired) electrons. The Bertz CT molecular complexity index is 816. The van der Waals surface area contributed by atoms with Gasteiger partial charge in [-0.15, -0.1) is 0 Å². The molecule has 2 N–H and O–H groups in total. The van der Waals surface area contributed by atoms with E-state index in [0.29, 0.717) is 25.9 Å². The molecule has 186 valence electrons. The SMILES string of the molecule is O=C(NCCCCCCNC(=O)OC1CS(=O)(=O)C(Br)C1Br)OC1CS(=O)(=O)C(Br)C1Br. The number of nitrogens with one attached hydrogen (secondary N) is 2. The Morgan fingerprint density at radius 3 is 1.31 bits per heavy atom. The molecule has 2 rings (SSSR count). The second kappa shape index (κ2) is 12.4. The largest absolute Gasteiger partial charge is 0.444 e. The fourth-order valence-corrected chi connectivity index (χ4v) is 10.7. The van der Waals surface area contributed by atoms with Crippen LogP contribution in [0.25, 0.3) is 0 Å². The normalized spacial score (nSPS) is 32.9.